The molecular formula is C10H8F6N2O3. The van der Waals surface area contributed by atoms with Crippen LogP contribution in [0.25, 0.3) is 0 Å². The van der Waals surface area contributed by atoms with Crippen LogP contribution in [0.4, 0.5) is 26.3 Å². The number of esters is 1. The normalized spacial score (nSPS) is 12.2. The predicted molar refractivity (Wildman–Crippen MR) is 55.2 cm³/mol. The fourth-order valence-corrected chi connectivity index (χ4v) is 1.47. The molecule has 1 rings (SSSR count). The zero-order chi connectivity index (χ0) is 16.4. The Hall–Kier alpha value is -2.04. The lowest BCUT2D eigenvalue weighted by Crippen LogP contribution is -2.25. The first-order valence-electron chi connectivity index (χ1n) is 5.14. The molecule has 0 spiro atoms. The van der Waals surface area contributed by atoms with Crippen molar-refractivity contribution in [3.8, 4) is 5.88 Å². The highest BCUT2D eigenvalue weighted by atomic mass is 19.4. The number of alkyl halides is 6. The van der Waals surface area contributed by atoms with Crippen molar-refractivity contribution in [2.45, 2.75) is 19.1 Å². The largest absolute Gasteiger partial charge is 0.574 e. The van der Waals surface area contributed by atoms with Crippen LogP contribution in [0.1, 0.15) is 21.5 Å². The molecule has 11 heteroatoms. The molecule has 5 nitrogen and oxygen atoms in total. The van der Waals surface area contributed by atoms with Crippen LogP contribution in [0, 0.1) is 0 Å². The second kappa shape index (κ2) is 5.76. The third-order valence-corrected chi connectivity index (χ3v) is 2.23. The van der Waals surface area contributed by atoms with Crippen molar-refractivity contribution in [1.29, 1.82) is 0 Å². The summed E-state index contributed by atoms with van der Waals surface area (Å²) in [7, 11) is 0.771. The number of aromatic nitrogens is 1. The molecule has 0 aliphatic rings. The number of rotatable bonds is 3. The Bertz CT molecular complexity index is 541. The Morgan fingerprint density at radius 1 is 1.29 bits per heavy atom. The average Bonchev–Trinajstić information content (AvgIpc) is 2.33. The molecule has 1 aromatic heterocycles. The Kier molecular flexibility index (Phi) is 4.66. The van der Waals surface area contributed by atoms with Gasteiger partial charge in [-0.05, 0) is 5.56 Å². The van der Waals surface area contributed by atoms with E-state index in [9.17, 15) is 31.1 Å². The van der Waals surface area contributed by atoms with E-state index in [-0.39, 0.29) is 0 Å². The third kappa shape index (κ3) is 3.97. The summed E-state index contributed by atoms with van der Waals surface area (Å²) in [6.07, 6.45) is -10.2. The number of hydrogen-bond acceptors (Lipinski definition) is 5. The summed E-state index contributed by atoms with van der Waals surface area (Å²) in [5.74, 6) is -3.30. The summed E-state index contributed by atoms with van der Waals surface area (Å²) < 4.78 is 82.6. The van der Waals surface area contributed by atoms with E-state index in [1.807, 2.05) is 0 Å². The minimum Gasteiger partial charge on any atom is -0.465 e. The summed E-state index contributed by atoms with van der Waals surface area (Å²) in [4.78, 5) is 14.4. The Morgan fingerprint density at radius 2 is 1.86 bits per heavy atom. The fraction of sp³-hybridized carbons (Fsp3) is 0.400. The molecule has 21 heavy (non-hydrogen) atoms. The molecule has 2 N–H and O–H groups in total. The maximum Gasteiger partial charge on any atom is 0.574 e. The molecule has 0 saturated heterocycles. The molecule has 0 aromatic carbocycles. The number of ether oxygens (including phenoxy) is 2. The second-order valence-corrected chi connectivity index (χ2v) is 3.58. The molecule has 1 aromatic rings. The highest BCUT2D eigenvalue weighted by Crippen LogP contribution is 2.40. The fourth-order valence-electron chi connectivity index (χ4n) is 1.47. The van der Waals surface area contributed by atoms with Crippen LogP contribution in [0.15, 0.2) is 6.20 Å². The minimum atomic E-state index is -5.41. The van der Waals surface area contributed by atoms with Gasteiger partial charge in [0.15, 0.2) is 0 Å². The smallest absolute Gasteiger partial charge is 0.465 e. The standard InChI is InChI=1S/C10H8F6N2O3/c1-20-8(19)5-4(2-17)3-18-7(21-10(14,15)16)6(5)9(11,12)13/h3H,2,17H2,1H3. The van der Waals surface area contributed by atoms with Gasteiger partial charge in [0.2, 0.25) is 5.88 Å². The zero-order valence-electron chi connectivity index (χ0n) is 10.3. The number of pyridine rings is 1. The first-order chi connectivity index (χ1) is 9.51. The van der Waals surface area contributed by atoms with Crippen LogP contribution < -0.4 is 10.5 Å². The number of hydrogen-bond donors (Lipinski definition) is 1. The molecule has 0 aliphatic heterocycles. The number of carbonyl (C=O) groups is 1. The monoisotopic (exact) mass is 318 g/mol. The van der Waals surface area contributed by atoms with Crippen molar-refractivity contribution in [3.63, 3.8) is 0 Å². The van der Waals surface area contributed by atoms with Gasteiger partial charge in [0, 0.05) is 12.7 Å². The molecule has 0 radical (unpaired) electrons. The summed E-state index contributed by atoms with van der Waals surface area (Å²) in [6.45, 7) is -0.563. The van der Waals surface area contributed by atoms with E-state index >= 15 is 0 Å². The first-order valence-corrected chi connectivity index (χ1v) is 5.14. The quantitative estimate of drug-likeness (QED) is 0.683. The van der Waals surface area contributed by atoms with Gasteiger partial charge in [0.1, 0.15) is 5.56 Å². The summed E-state index contributed by atoms with van der Waals surface area (Å²) in [5, 5.41) is 0. The zero-order valence-corrected chi connectivity index (χ0v) is 10.3. The van der Waals surface area contributed by atoms with Gasteiger partial charge in [-0.25, -0.2) is 9.78 Å². The van der Waals surface area contributed by atoms with Crippen molar-refractivity contribution >= 4 is 5.97 Å². The summed E-state index contributed by atoms with van der Waals surface area (Å²) in [5.41, 5.74) is 1.57. The molecule has 0 unspecified atom stereocenters. The van der Waals surface area contributed by atoms with Crippen molar-refractivity contribution < 1.29 is 40.6 Å². The van der Waals surface area contributed by atoms with E-state index in [2.05, 4.69) is 14.5 Å². The molecule has 0 fully saturated rings. The van der Waals surface area contributed by atoms with Crippen LogP contribution >= 0.6 is 0 Å². The van der Waals surface area contributed by atoms with Crippen LogP contribution in [0.5, 0.6) is 5.88 Å². The second-order valence-electron chi connectivity index (χ2n) is 3.58. The number of carbonyl (C=O) groups excluding carboxylic acids is 1. The lowest BCUT2D eigenvalue weighted by atomic mass is 10.0. The molecule has 0 saturated carbocycles. The maximum absolute atomic E-state index is 13.0. The first kappa shape index (κ1) is 17.0. The number of halogens is 6. The van der Waals surface area contributed by atoms with Gasteiger partial charge in [-0.2, -0.15) is 13.2 Å². The van der Waals surface area contributed by atoms with Gasteiger partial charge in [-0.1, -0.05) is 0 Å². The number of methoxy groups -OCH3 is 1. The van der Waals surface area contributed by atoms with E-state index in [0.717, 1.165) is 7.11 Å². The van der Waals surface area contributed by atoms with Crippen molar-refractivity contribution in [2.24, 2.45) is 5.73 Å². The van der Waals surface area contributed by atoms with Crippen molar-refractivity contribution in [3.05, 3.63) is 22.9 Å². The van der Waals surface area contributed by atoms with E-state index < -0.39 is 47.6 Å². The SMILES string of the molecule is COC(=O)c1c(CN)cnc(OC(F)(F)F)c1C(F)(F)F. The molecule has 1 heterocycles. The molecule has 0 amide bonds. The van der Waals surface area contributed by atoms with Crippen LogP contribution in [0.3, 0.4) is 0 Å². The Morgan fingerprint density at radius 3 is 2.24 bits per heavy atom. The minimum absolute atomic E-state index is 0.427. The maximum atomic E-state index is 13.0. The van der Waals surface area contributed by atoms with Gasteiger partial charge in [0.05, 0.1) is 12.7 Å². The molecule has 0 atom stereocenters. The Labute approximate surface area is 113 Å². The van der Waals surface area contributed by atoms with Gasteiger partial charge < -0.3 is 15.2 Å². The lowest BCUT2D eigenvalue weighted by molar-refractivity contribution is -0.277. The van der Waals surface area contributed by atoms with E-state index in [1.54, 1.807) is 0 Å². The van der Waals surface area contributed by atoms with E-state index in [1.165, 1.54) is 0 Å². The summed E-state index contributed by atoms with van der Waals surface area (Å²) in [6, 6.07) is 0. The molecule has 118 valence electrons. The Balaban J connectivity index is 3.65. The predicted octanol–water partition coefficient (Wildman–Crippen LogP) is 2.24. The number of nitrogens with zero attached hydrogens (tertiary/aromatic N) is 1. The van der Waals surface area contributed by atoms with E-state index in [4.69, 9.17) is 5.73 Å². The number of nitrogens with two attached hydrogens (primary N) is 1. The van der Waals surface area contributed by atoms with Crippen molar-refractivity contribution in [1.82, 2.24) is 4.98 Å². The highest BCUT2D eigenvalue weighted by molar-refractivity contribution is 5.93. The molecule has 0 bridgehead atoms. The topological polar surface area (TPSA) is 74.4 Å². The van der Waals surface area contributed by atoms with Crippen LogP contribution in [-0.2, 0) is 17.5 Å². The average molecular weight is 318 g/mol. The van der Waals surface area contributed by atoms with Crippen molar-refractivity contribution in [2.75, 3.05) is 7.11 Å². The van der Waals surface area contributed by atoms with Crippen LogP contribution in [-0.4, -0.2) is 24.4 Å². The van der Waals surface area contributed by atoms with Gasteiger partial charge in [0.25, 0.3) is 0 Å². The molecular weight excluding hydrogens is 310 g/mol. The van der Waals surface area contributed by atoms with Gasteiger partial charge in [-0.3, -0.25) is 0 Å². The van der Waals surface area contributed by atoms with Gasteiger partial charge >= 0.3 is 18.5 Å². The summed E-state index contributed by atoms with van der Waals surface area (Å²) >= 11 is 0. The molecule has 0 aliphatic carbocycles. The van der Waals surface area contributed by atoms with Crippen LogP contribution in [0.2, 0.25) is 0 Å². The highest BCUT2D eigenvalue weighted by Gasteiger charge is 2.44. The third-order valence-electron chi connectivity index (χ3n) is 2.23. The van der Waals surface area contributed by atoms with E-state index in [0.29, 0.717) is 6.20 Å². The lowest BCUT2D eigenvalue weighted by Gasteiger charge is -2.18. The van der Waals surface area contributed by atoms with Gasteiger partial charge in [-0.15, -0.1) is 13.2 Å².